The molecule has 4 N–H and O–H groups in total. The summed E-state index contributed by atoms with van der Waals surface area (Å²) in [6, 6.07) is 4.25. The van der Waals surface area contributed by atoms with E-state index in [9.17, 15) is 13.5 Å². The number of nitrogens with zero attached hydrogens (tertiary/aromatic N) is 1. The highest BCUT2D eigenvalue weighted by Gasteiger charge is 2.14. The van der Waals surface area contributed by atoms with Crippen LogP contribution in [-0.2, 0) is 9.84 Å². The number of nitrogens with two attached hydrogens (primary N) is 1. The molecule has 0 amide bonds. The van der Waals surface area contributed by atoms with Gasteiger partial charge in [0.2, 0.25) is 0 Å². The van der Waals surface area contributed by atoms with Gasteiger partial charge < -0.3 is 10.8 Å². The molecule has 90 valence electrons. The van der Waals surface area contributed by atoms with Crippen LogP contribution in [0.3, 0.4) is 0 Å². The second kappa shape index (κ2) is 3.77. The molecule has 17 heavy (non-hydrogen) atoms. The van der Waals surface area contributed by atoms with E-state index in [0.717, 1.165) is 6.26 Å². The predicted octanol–water partition coefficient (Wildman–Crippen LogP) is 0.768. The van der Waals surface area contributed by atoms with Gasteiger partial charge in [-0.05, 0) is 17.7 Å². The smallest absolute Gasteiger partial charge is 0.179 e. The van der Waals surface area contributed by atoms with E-state index in [2.05, 4.69) is 10.2 Å². The van der Waals surface area contributed by atoms with Gasteiger partial charge in [0.05, 0.1) is 6.20 Å². The van der Waals surface area contributed by atoms with Crippen molar-refractivity contribution >= 4 is 15.7 Å². The van der Waals surface area contributed by atoms with Crippen LogP contribution in [0.2, 0.25) is 0 Å². The summed E-state index contributed by atoms with van der Waals surface area (Å²) >= 11 is 0. The fraction of sp³-hybridized carbons (Fsp3) is 0.100. The van der Waals surface area contributed by atoms with Crippen molar-refractivity contribution in [2.24, 2.45) is 0 Å². The highest BCUT2D eigenvalue weighted by atomic mass is 32.2. The number of anilines is 1. The van der Waals surface area contributed by atoms with Crippen LogP contribution in [0.4, 0.5) is 5.82 Å². The summed E-state index contributed by atoms with van der Waals surface area (Å²) in [5, 5.41) is 16.0. The van der Waals surface area contributed by atoms with E-state index in [1.807, 2.05) is 0 Å². The third-order valence-electron chi connectivity index (χ3n) is 2.34. The van der Waals surface area contributed by atoms with Crippen molar-refractivity contribution in [2.75, 3.05) is 12.0 Å². The molecule has 2 rings (SSSR count). The first kappa shape index (κ1) is 11.5. The highest BCUT2D eigenvalue weighted by molar-refractivity contribution is 7.90. The van der Waals surface area contributed by atoms with Gasteiger partial charge in [-0.15, -0.1) is 0 Å². The Hall–Kier alpha value is -2.02. The Morgan fingerprint density at radius 1 is 1.41 bits per heavy atom. The molecule has 0 aliphatic rings. The molecular formula is C10H11N3O3S. The number of nitrogens with one attached hydrogen (secondary N) is 1. The van der Waals surface area contributed by atoms with Gasteiger partial charge in [-0.3, -0.25) is 5.10 Å². The van der Waals surface area contributed by atoms with Crippen molar-refractivity contribution in [3.05, 3.63) is 24.4 Å². The lowest BCUT2D eigenvalue weighted by Gasteiger charge is -2.05. The Labute approximate surface area is 98.0 Å². The summed E-state index contributed by atoms with van der Waals surface area (Å²) < 4.78 is 22.6. The Morgan fingerprint density at radius 3 is 2.59 bits per heavy atom. The van der Waals surface area contributed by atoms with Gasteiger partial charge in [0, 0.05) is 11.8 Å². The van der Waals surface area contributed by atoms with Gasteiger partial charge in [-0.2, -0.15) is 5.10 Å². The summed E-state index contributed by atoms with van der Waals surface area (Å²) in [6.45, 7) is 0. The van der Waals surface area contributed by atoms with Gasteiger partial charge >= 0.3 is 0 Å². The highest BCUT2D eigenvalue weighted by Crippen LogP contribution is 2.30. The average Bonchev–Trinajstić information content (AvgIpc) is 2.62. The molecule has 0 bridgehead atoms. The van der Waals surface area contributed by atoms with E-state index >= 15 is 0 Å². The van der Waals surface area contributed by atoms with Gasteiger partial charge in [0.25, 0.3) is 0 Å². The molecule has 1 aromatic heterocycles. The molecule has 7 heteroatoms. The Balaban J connectivity index is 2.56. The number of aromatic amines is 1. The zero-order valence-electron chi connectivity index (χ0n) is 9.01. The molecule has 0 saturated carbocycles. The number of sulfone groups is 1. The maximum absolute atomic E-state index is 11.3. The van der Waals surface area contributed by atoms with Crippen LogP contribution in [-0.4, -0.2) is 30.0 Å². The normalized spacial score (nSPS) is 11.6. The van der Waals surface area contributed by atoms with Crippen LogP contribution in [0.25, 0.3) is 11.1 Å². The van der Waals surface area contributed by atoms with E-state index in [1.54, 1.807) is 6.07 Å². The first-order chi connectivity index (χ1) is 7.89. The fourth-order valence-corrected chi connectivity index (χ4v) is 2.28. The van der Waals surface area contributed by atoms with Crippen molar-refractivity contribution in [3.63, 3.8) is 0 Å². The fourth-order valence-electron chi connectivity index (χ4n) is 1.52. The molecule has 0 spiro atoms. The molecule has 1 heterocycles. The summed E-state index contributed by atoms with van der Waals surface area (Å²) in [7, 11) is -3.43. The molecule has 0 atom stereocenters. The lowest BCUT2D eigenvalue weighted by Crippen LogP contribution is -1.97. The van der Waals surface area contributed by atoms with E-state index in [0.29, 0.717) is 16.9 Å². The number of rotatable bonds is 2. The van der Waals surface area contributed by atoms with Crippen LogP contribution in [0, 0.1) is 0 Å². The van der Waals surface area contributed by atoms with Crippen molar-refractivity contribution in [1.82, 2.24) is 10.2 Å². The maximum Gasteiger partial charge on any atom is 0.179 e. The Morgan fingerprint density at radius 2 is 2.12 bits per heavy atom. The van der Waals surface area contributed by atoms with Crippen LogP contribution in [0.1, 0.15) is 0 Å². The van der Waals surface area contributed by atoms with Gasteiger partial charge in [-0.25, -0.2) is 8.42 Å². The topological polar surface area (TPSA) is 109 Å². The Kier molecular flexibility index (Phi) is 2.55. The summed E-state index contributed by atoms with van der Waals surface area (Å²) in [5.41, 5.74) is 6.84. The third-order valence-corrected chi connectivity index (χ3v) is 3.48. The zero-order valence-corrected chi connectivity index (χ0v) is 9.82. The van der Waals surface area contributed by atoms with Gasteiger partial charge in [0.15, 0.2) is 9.84 Å². The number of phenols is 1. The van der Waals surface area contributed by atoms with Crippen molar-refractivity contribution in [3.8, 4) is 16.9 Å². The number of nitrogen functional groups attached to an aromatic ring is 1. The maximum atomic E-state index is 11.3. The lowest BCUT2D eigenvalue weighted by molar-refractivity contribution is 0.459. The number of aromatic hydroxyl groups is 1. The van der Waals surface area contributed by atoms with E-state index in [4.69, 9.17) is 5.73 Å². The van der Waals surface area contributed by atoms with Gasteiger partial charge in [0.1, 0.15) is 16.5 Å². The summed E-state index contributed by atoms with van der Waals surface area (Å²) in [6.07, 6.45) is 2.54. The van der Waals surface area contributed by atoms with Crippen LogP contribution >= 0.6 is 0 Å². The van der Waals surface area contributed by atoms with Crippen molar-refractivity contribution in [2.45, 2.75) is 4.90 Å². The molecule has 6 nitrogen and oxygen atoms in total. The van der Waals surface area contributed by atoms with Crippen molar-refractivity contribution in [1.29, 1.82) is 0 Å². The van der Waals surface area contributed by atoms with Crippen LogP contribution < -0.4 is 5.73 Å². The average molecular weight is 253 g/mol. The second-order valence-electron chi connectivity index (χ2n) is 3.65. The van der Waals surface area contributed by atoms with E-state index in [-0.39, 0.29) is 10.6 Å². The molecule has 0 aliphatic heterocycles. The van der Waals surface area contributed by atoms with Gasteiger partial charge in [-0.1, -0.05) is 6.07 Å². The molecule has 0 aliphatic carbocycles. The summed E-state index contributed by atoms with van der Waals surface area (Å²) in [4.78, 5) is -0.108. The standard InChI is InChI=1S/C10H11N3O3S/c1-17(15,16)9-3-2-6(4-8(9)14)7-5-12-13-10(7)11/h2-5,14H,1H3,(H3,11,12,13). The Bertz CT molecular complexity index is 661. The minimum atomic E-state index is -3.43. The van der Waals surface area contributed by atoms with Crippen molar-refractivity contribution < 1.29 is 13.5 Å². The number of benzene rings is 1. The molecular weight excluding hydrogens is 242 g/mol. The number of aromatic nitrogens is 2. The first-order valence-corrected chi connectivity index (χ1v) is 6.61. The van der Waals surface area contributed by atoms with E-state index in [1.165, 1.54) is 18.3 Å². The SMILES string of the molecule is CS(=O)(=O)c1ccc(-c2cn[nH]c2N)cc1O. The van der Waals surface area contributed by atoms with E-state index < -0.39 is 9.84 Å². The number of H-pyrrole nitrogens is 1. The minimum Gasteiger partial charge on any atom is -0.507 e. The molecule has 1 aromatic carbocycles. The van der Waals surface area contributed by atoms with Crippen LogP contribution in [0.5, 0.6) is 5.75 Å². The molecule has 0 radical (unpaired) electrons. The number of phenolic OH excluding ortho intramolecular Hbond substituents is 1. The molecule has 0 saturated heterocycles. The number of hydrogen-bond donors (Lipinski definition) is 3. The number of hydrogen-bond acceptors (Lipinski definition) is 5. The third kappa shape index (κ3) is 2.09. The molecule has 2 aromatic rings. The quantitative estimate of drug-likeness (QED) is 0.732. The summed E-state index contributed by atoms with van der Waals surface area (Å²) in [5.74, 6) is 0.0575. The van der Waals surface area contributed by atoms with Crippen LogP contribution in [0.15, 0.2) is 29.3 Å². The first-order valence-electron chi connectivity index (χ1n) is 4.72. The zero-order chi connectivity index (χ0) is 12.6. The molecule has 0 fully saturated rings. The minimum absolute atomic E-state index is 0.108. The lowest BCUT2D eigenvalue weighted by atomic mass is 10.1. The molecule has 0 unspecified atom stereocenters. The largest absolute Gasteiger partial charge is 0.507 e. The monoisotopic (exact) mass is 253 g/mol. The second-order valence-corrected chi connectivity index (χ2v) is 5.64. The predicted molar refractivity (Wildman–Crippen MR) is 63.2 cm³/mol.